The second-order valence-corrected chi connectivity index (χ2v) is 9.09. The van der Waals surface area contributed by atoms with Gasteiger partial charge in [0.05, 0.1) is 18.1 Å². The summed E-state index contributed by atoms with van der Waals surface area (Å²) in [4.78, 5) is 25.3. The van der Waals surface area contributed by atoms with Crippen LogP contribution in [0.3, 0.4) is 0 Å². The molecule has 1 unspecified atom stereocenters. The van der Waals surface area contributed by atoms with Crippen LogP contribution < -0.4 is 10.1 Å². The van der Waals surface area contributed by atoms with Crippen LogP contribution in [0.1, 0.15) is 39.2 Å². The zero-order valence-electron chi connectivity index (χ0n) is 16.8. The van der Waals surface area contributed by atoms with Crippen molar-refractivity contribution in [3.8, 4) is 5.75 Å². The maximum absolute atomic E-state index is 12.1. The first kappa shape index (κ1) is 19.8. The lowest BCUT2D eigenvalue weighted by Gasteiger charge is -2.39. The van der Waals surface area contributed by atoms with Crippen LogP contribution in [0.4, 0.5) is 4.79 Å². The number of benzene rings is 1. The number of carbonyl (C=O) groups is 2. The molecule has 0 spiro atoms. The fourth-order valence-electron chi connectivity index (χ4n) is 3.75. The topological polar surface area (TPSA) is 67.9 Å². The molecule has 4 rings (SSSR count). The molecule has 1 N–H and O–H groups in total. The van der Waals surface area contributed by atoms with Gasteiger partial charge >= 0.3 is 6.09 Å². The first-order valence-electron chi connectivity index (χ1n) is 9.83. The summed E-state index contributed by atoms with van der Waals surface area (Å²) in [5.41, 5.74) is 2.48. The number of hydrogen-bond donors (Lipinski definition) is 1. The van der Waals surface area contributed by atoms with E-state index in [-0.39, 0.29) is 24.0 Å². The Kier molecular flexibility index (Phi) is 5.07. The molecule has 1 aliphatic carbocycles. The molecule has 3 aliphatic rings. The second-order valence-electron chi connectivity index (χ2n) is 8.71. The third kappa shape index (κ3) is 4.27. The summed E-state index contributed by atoms with van der Waals surface area (Å²) in [6.07, 6.45) is 4.81. The predicted octanol–water partition coefficient (Wildman–Crippen LogP) is 4.15. The minimum atomic E-state index is -0.512. The van der Waals surface area contributed by atoms with Gasteiger partial charge in [-0.3, -0.25) is 4.79 Å². The number of rotatable bonds is 3. The number of fused-ring (bicyclic) bond motifs is 1. The van der Waals surface area contributed by atoms with Crippen molar-refractivity contribution < 1.29 is 19.1 Å². The molecule has 0 saturated carbocycles. The highest BCUT2D eigenvalue weighted by Gasteiger charge is 2.36. The first-order valence-corrected chi connectivity index (χ1v) is 10.2. The van der Waals surface area contributed by atoms with E-state index in [4.69, 9.17) is 21.1 Å². The summed E-state index contributed by atoms with van der Waals surface area (Å²) in [6.45, 7) is 6.49. The quantitative estimate of drug-likeness (QED) is 0.803. The molecule has 1 atom stereocenters. The summed E-state index contributed by atoms with van der Waals surface area (Å²) >= 11 is 6.65. The average Bonchev–Trinajstić information content (AvgIpc) is 2.96. The van der Waals surface area contributed by atoms with Gasteiger partial charge in [-0.2, -0.15) is 0 Å². The molecule has 6 nitrogen and oxygen atoms in total. The molecule has 0 radical (unpaired) electrons. The van der Waals surface area contributed by atoms with Crippen LogP contribution in [0.15, 0.2) is 36.0 Å². The van der Waals surface area contributed by atoms with Crippen molar-refractivity contribution >= 4 is 29.2 Å². The smallest absolute Gasteiger partial charge is 0.410 e. The Morgan fingerprint density at radius 3 is 2.69 bits per heavy atom. The molecule has 2 saturated heterocycles. The van der Waals surface area contributed by atoms with Gasteiger partial charge in [0.2, 0.25) is 5.91 Å². The number of allylic oxidation sites excluding steroid dienone is 4. The number of hydrogen-bond acceptors (Lipinski definition) is 4. The summed E-state index contributed by atoms with van der Waals surface area (Å²) in [5.74, 6) is 0.866. The van der Waals surface area contributed by atoms with Crippen LogP contribution in [0.5, 0.6) is 5.75 Å². The van der Waals surface area contributed by atoms with E-state index in [0.717, 1.165) is 23.3 Å². The molecule has 2 fully saturated rings. The van der Waals surface area contributed by atoms with Gasteiger partial charge in [-0.1, -0.05) is 29.8 Å². The molecule has 29 heavy (non-hydrogen) atoms. The summed E-state index contributed by atoms with van der Waals surface area (Å²) in [5, 5.41) is 3.46. The van der Waals surface area contributed by atoms with Gasteiger partial charge in [-0.05, 0) is 44.9 Å². The number of halogens is 1. The molecular weight excluding hydrogens is 392 g/mol. The van der Waals surface area contributed by atoms with Crippen LogP contribution >= 0.6 is 11.6 Å². The summed E-state index contributed by atoms with van der Waals surface area (Å²) in [7, 11) is 0. The van der Waals surface area contributed by atoms with Crippen molar-refractivity contribution in [1.29, 1.82) is 0 Å². The number of carbonyl (C=O) groups excluding carboxylic acids is 2. The zero-order valence-corrected chi connectivity index (χ0v) is 17.6. The van der Waals surface area contributed by atoms with E-state index < -0.39 is 5.60 Å². The monoisotopic (exact) mass is 416 g/mol. The Labute approximate surface area is 175 Å². The lowest BCUT2D eigenvalue weighted by Crippen LogP contribution is -2.57. The number of amides is 2. The molecule has 0 bridgehead atoms. The Morgan fingerprint density at radius 1 is 1.21 bits per heavy atom. The van der Waals surface area contributed by atoms with Crippen molar-refractivity contribution in [3.05, 3.63) is 46.6 Å². The molecule has 1 aromatic carbocycles. The highest BCUT2D eigenvalue weighted by molar-refractivity contribution is 6.33. The molecule has 0 aromatic heterocycles. The second kappa shape index (κ2) is 7.41. The molecule has 7 heteroatoms. The number of likely N-dealkylation sites (tertiary alicyclic amines) is 1. The summed E-state index contributed by atoms with van der Waals surface area (Å²) in [6, 6.07) is 5.73. The van der Waals surface area contributed by atoms with Gasteiger partial charge in [-0.25, -0.2) is 4.79 Å². The fraction of sp³-hybridized carbons (Fsp3) is 0.455. The minimum absolute atomic E-state index is 0.0682. The number of ether oxygens (including phenoxy) is 2. The van der Waals surface area contributed by atoms with Crippen LogP contribution in [-0.4, -0.2) is 41.7 Å². The minimum Gasteiger partial charge on any atom is -0.485 e. The largest absolute Gasteiger partial charge is 0.485 e. The van der Waals surface area contributed by atoms with Crippen molar-refractivity contribution in [2.24, 2.45) is 5.92 Å². The predicted molar refractivity (Wildman–Crippen MR) is 111 cm³/mol. The van der Waals surface area contributed by atoms with E-state index in [0.29, 0.717) is 30.3 Å². The number of nitrogens with zero attached hydrogens (tertiary/aromatic N) is 1. The maximum atomic E-state index is 12.1. The van der Waals surface area contributed by atoms with Gasteiger partial charge in [0.25, 0.3) is 0 Å². The number of nitrogens with one attached hydrogen (secondary N) is 1. The molecule has 154 valence electrons. The van der Waals surface area contributed by atoms with Crippen LogP contribution in [0, 0.1) is 5.92 Å². The van der Waals surface area contributed by atoms with Gasteiger partial charge in [0.15, 0.2) is 0 Å². The van der Waals surface area contributed by atoms with Crippen LogP contribution in [-0.2, 0) is 9.53 Å². The Hall–Kier alpha value is -2.47. The average molecular weight is 417 g/mol. The fourth-order valence-corrected chi connectivity index (χ4v) is 4.04. The SMILES string of the molecule is CC(C)(C)OC(=O)N1CC(Oc2cccc(C3=CC=C4NC(=O)CC4C3)c2Cl)C1. The van der Waals surface area contributed by atoms with Crippen LogP contribution in [0.2, 0.25) is 5.02 Å². The molecule has 1 aromatic rings. The van der Waals surface area contributed by atoms with Crippen LogP contribution in [0.25, 0.3) is 5.57 Å². The standard InChI is InChI=1S/C22H25ClN2O4/c1-22(2,3)29-21(27)25-11-15(12-25)28-18-6-4-5-16(20(18)23)13-7-8-17-14(9-13)10-19(26)24-17/h4-8,14-15H,9-12H2,1-3H3,(H,24,26). The van der Waals surface area contributed by atoms with E-state index in [1.165, 1.54) is 0 Å². The Balaban J connectivity index is 1.40. The summed E-state index contributed by atoms with van der Waals surface area (Å²) < 4.78 is 11.4. The zero-order chi connectivity index (χ0) is 20.8. The highest BCUT2D eigenvalue weighted by Crippen LogP contribution is 2.40. The Bertz CT molecular complexity index is 910. The van der Waals surface area contributed by atoms with Gasteiger partial charge in [0.1, 0.15) is 17.5 Å². The lowest BCUT2D eigenvalue weighted by molar-refractivity contribution is -0.119. The Morgan fingerprint density at radius 2 is 1.97 bits per heavy atom. The van der Waals surface area contributed by atoms with Crippen molar-refractivity contribution in [3.63, 3.8) is 0 Å². The van der Waals surface area contributed by atoms with E-state index in [1.807, 2.05) is 51.1 Å². The highest BCUT2D eigenvalue weighted by atomic mass is 35.5. The van der Waals surface area contributed by atoms with Gasteiger partial charge in [-0.15, -0.1) is 0 Å². The lowest BCUT2D eigenvalue weighted by atomic mass is 9.87. The van der Waals surface area contributed by atoms with Crippen molar-refractivity contribution in [1.82, 2.24) is 10.2 Å². The maximum Gasteiger partial charge on any atom is 0.410 e. The first-order chi connectivity index (χ1) is 13.7. The molecular formula is C22H25ClN2O4. The normalized spacial score (nSPS) is 21.6. The van der Waals surface area contributed by atoms with Gasteiger partial charge < -0.3 is 19.7 Å². The van der Waals surface area contributed by atoms with E-state index in [2.05, 4.69) is 5.32 Å². The van der Waals surface area contributed by atoms with E-state index in [9.17, 15) is 9.59 Å². The molecule has 2 amide bonds. The third-order valence-corrected chi connectivity index (χ3v) is 5.58. The molecule has 2 heterocycles. The van der Waals surface area contributed by atoms with Crippen molar-refractivity contribution in [2.45, 2.75) is 45.3 Å². The van der Waals surface area contributed by atoms with E-state index in [1.54, 1.807) is 4.90 Å². The van der Waals surface area contributed by atoms with Crippen molar-refractivity contribution in [2.75, 3.05) is 13.1 Å². The van der Waals surface area contributed by atoms with E-state index >= 15 is 0 Å². The third-order valence-electron chi connectivity index (χ3n) is 5.19. The molecule has 2 aliphatic heterocycles. The van der Waals surface area contributed by atoms with Gasteiger partial charge in [0, 0.05) is 23.6 Å².